The van der Waals surface area contributed by atoms with Gasteiger partial charge in [-0.05, 0) is 61.7 Å². The van der Waals surface area contributed by atoms with Crippen LogP contribution in [0, 0.1) is 0 Å². The zero-order chi connectivity index (χ0) is 14.0. The molecule has 102 valence electrons. The van der Waals surface area contributed by atoms with Crippen LogP contribution in [0.4, 0.5) is 0 Å². The summed E-state index contributed by atoms with van der Waals surface area (Å²) in [6.07, 6.45) is 0. The highest BCUT2D eigenvalue weighted by molar-refractivity contribution is 9.12. The van der Waals surface area contributed by atoms with Crippen LogP contribution in [0.3, 0.4) is 0 Å². The minimum atomic E-state index is 0.0214. The van der Waals surface area contributed by atoms with Gasteiger partial charge in [0.25, 0.3) is 0 Å². The minimum Gasteiger partial charge on any atom is -0.306 e. The molecule has 0 amide bonds. The van der Waals surface area contributed by atoms with Crippen LogP contribution < -0.4 is 5.32 Å². The van der Waals surface area contributed by atoms with Gasteiger partial charge in [0, 0.05) is 0 Å². The summed E-state index contributed by atoms with van der Waals surface area (Å²) in [5.41, 5.74) is 2.14. The Labute approximate surface area is 143 Å². The SMILES string of the molecule is CCNC(c1cc(Br)sc1Br)c1cccc(Cl)c1Cl. The number of halogens is 4. The molecule has 0 spiro atoms. The molecule has 6 heteroatoms. The average molecular weight is 444 g/mol. The van der Waals surface area contributed by atoms with E-state index in [0.29, 0.717) is 10.0 Å². The molecule has 0 saturated heterocycles. The Bertz CT molecular complexity index is 586. The monoisotopic (exact) mass is 441 g/mol. The fourth-order valence-electron chi connectivity index (χ4n) is 1.88. The number of hydrogen-bond acceptors (Lipinski definition) is 2. The Morgan fingerprint density at radius 3 is 2.58 bits per heavy atom. The lowest BCUT2D eigenvalue weighted by molar-refractivity contribution is 0.631. The van der Waals surface area contributed by atoms with Gasteiger partial charge in [-0.1, -0.05) is 42.3 Å². The van der Waals surface area contributed by atoms with Gasteiger partial charge in [-0.3, -0.25) is 0 Å². The molecule has 2 rings (SSSR count). The van der Waals surface area contributed by atoms with Crippen molar-refractivity contribution in [1.29, 1.82) is 0 Å². The smallest absolute Gasteiger partial charge is 0.0761 e. The number of thiophene rings is 1. The fourth-order valence-corrected chi connectivity index (χ4v) is 5.20. The summed E-state index contributed by atoms with van der Waals surface area (Å²) in [6.45, 7) is 2.91. The van der Waals surface area contributed by atoms with Crippen LogP contribution in [0.15, 0.2) is 31.8 Å². The Hall–Kier alpha value is 0.420. The summed E-state index contributed by atoms with van der Waals surface area (Å²) in [6, 6.07) is 7.84. The van der Waals surface area contributed by atoms with E-state index < -0.39 is 0 Å². The third-order valence-corrected chi connectivity index (χ3v) is 5.91. The first-order chi connectivity index (χ1) is 9.04. The van der Waals surface area contributed by atoms with Gasteiger partial charge in [0.2, 0.25) is 0 Å². The third-order valence-electron chi connectivity index (χ3n) is 2.69. The van der Waals surface area contributed by atoms with E-state index in [1.807, 2.05) is 12.1 Å². The largest absolute Gasteiger partial charge is 0.306 e. The lowest BCUT2D eigenvalue weighted by Crippen LogP contribution is -2.22. The topological polar surface area (TPSA) is 12.0 Å². The van der Waals surface area contributed by atoms with Crippen LogP contribution in [0.5, 0.6) is 0 Å². The van der Waals surface area contributed by atoms with E-state index in [4.69, 9.17) is 23.2 Å². The quantitative estimate of drug-likeness (QED) is 0.586. The minimum absolute atomic E-state index is 0.0214. The molecule has 19 heavy (non-hydrogen) atoms. The van der Waals surface area contributed by atoms with Crippen molar-refractivity contribution in [3.8, 4) is 0 Å². The fraction of sp³-hybridized carbons (Fsp3) is 0.231. The molecule has 2 aromatic rings. The van der Waals surface area contributed by atoms with E-state index in [-0.39, 0.29) is 6.04 Å². The van der Waals surface area contributed by atoms with Gasteiger partial charge in [-0.25, -0.2) is 0 Å². The predicted molar refractivity (Wildman–Crippen MR) is 91.7 cm³/mol. The normalized spacial score (nSPS) is 12.7. The van der Waals surface area contributed by atoms with Crippen molar-refractivity contribution in [2.45, 2.75) is 13.0 Å². The van der Waals surface area contributed by atoms with Crippen LogP contribution in [-0.2, 0) is 0 Å². The summed E-state index contributed by atoms with van der Waals surface area (Å²) in [5.74, 6) is 0. The van der Waals surface area contributed by atoms with Gasteiger partial charge >= 0.3 is 0 Å². The molecule has 0 fully saturated rings. The van der Waals surface area contributed by atoms with Crippen molar-refractivity contribution in [3.05, 3.63) is 53.0 Å². The lowest BCUT2D eigenvalue weighted by atomic mass is 10.0. The molecule has 0 aliphatic rings. The van der Waals surface area contributed by atoms with Crippen molar-refractivity contribution in [2.24, 2.45) is 0 Å². The molecule has 1 heterocycles. The molecule has 1 atom stereocenters. The zero-order valence-corrected chi connectivity index (χ0v) is 15.5. The number of benzene rings is 1. The maximum Gasteiger partial charge on any atom is 0.0761 e. The molecule has 1 nitrogen and oxygen atoms in total. The molecule has 1 aromatic heterocycles. The maximum atomic E-state index is 6.34. The molecule has 0 bridgehead atoms. The second kappa shape index (κ2) is 6.92. The average Bonchev–Trinajstić information content (AvgIpc) is 2.69. The van der Waals surface area contributed by atoms with Crippen LogP contribution in [-0.4, -0.2) is 6.54 Å². The van der Waals surface area contributed by atoms with Crippen LogP contribution in [0.2, 0.25) is 10.0 Å². The summed E-state index contributed by atoms with van der Waals surface area (Å²) < 4.78 is 2.16. The van der Waals surface area contributed by atoms with Gasteiger partial charge < -0.3 is 5.32 Å². The van der Waals surface area contributed by atoms with Crippen molar-refractivity contribution in [3.63, 3.8) is 0 Å². The van der Waals surface area contributed by atoms with Crippen LogP contribution >= 0.6 is 66.4 Å². The molecule has 1 aromatic carbocycles. The highest BCUT2D eigenvalue weighted by Gasteiger charge is 2.21. The molecule has 1 N–H and O–H groups in total. The second-order valence-electron chi connectivity index (χ2n) is 3.91. The molecular formula is C13H11Br2Cl2NS. The van der Waals surface area contributed by atoms with Crippen LogP contribution in [0.25, 0.3) is 0 Å². The first-order valence-corrected chi connectivity index (χ1v) is 8.82. The second-order valence-corrected chi connectivity index (χ2v) is 8.45. The highest BCUT2D eigenvalue weighted by atomic mass is 79.9. The Morgan fingerprint density at radius 1 is 1.26 bits per heavy atom. The standard InChI is InChI=1S/C13H11Br2Cl2NS/c1-2-18-12(8-6-10(14)19-13(8)15)7-4-3-5-9(16)11(7)17/h3-6,12,18H,2H2,1H3. The summed E-state index contributed by atoms with van der Waals surface area (Å²) in [5, 5.41) is 4.63. The van der Waals surface area contributed by atoms with Gasteiger partial charge in [-0.15, -0.1) is 11.3 Å². The summed E-state index contributed by atoms with van der Waals surface area (Å²) in [4.78, 5) is 0. The highest BCUT2D eigenvalue weighted by Crippen LogP contribution is 2.40. The van der Waals surface area contributed by atoms with Gasteiger partial charge in [0.1, 0.15) is 0 Å². The lowest BCUT2D eigenvalue weighted by Gasteiger charge is -2.20. The summed E-state index contributed by atoms with van der Waals surface area (Å²) in [7, 11) is 0. The molecule has 0 radical (unpaired) electrons. The summed E-state index contributed by atoms with van der Waals surface area (Å²) >= 11 is 21.2. The first-order valence-electron chi connectivity index (χ1n) is 5.66. The number of rotatable bonds is 4. The molecule has 0 saturated carbocycles. The molecular weight excluding hydrogens is 433 g/mol. The van der Waals surface area contributed by atoms with Crippen molar-refractivity contribution in [2.75, 3.05) is 6.54 Å². The van der Waals surface area contributed by atoms with Crippen molar-refractivity contribution in [1.82, 2.24) is 5.32 Å². The Kier molecular flexibility index (Phi) is 5.76. The van der Waals surface area contributed by atoms with E-state index in [9.17, 15) is 0 Å². The van der Waals surface area contributed by atoms with E-state index in [1.54, 1.807) is 17.4 Å². The Balaban J connectivity index is 2.51. The first kappa shape index (κ1) is 15.8. The number of nitrogens with one attached hydrogen (secondary N) is 1. The van der Waals surface area contributed by atoms with E-state index in [2.05, 4.69) is 50.2 Å². The van der Waals surface area contributed by atoms with Gasteiger partial charge in [0.05, 0.1) is 23.7 Å². The zero-order valence-electron chi connectivity index (χ0n) is 10.0. The third kappa shape index (κ3) is 3.55. The molecule has 0 aliphatic carbocycles. The Morgan fingerprint density at radius 2 is 2.00 bits per heavy atom. The van der Waals surface area contributed by atoms with Crippen molar-refractivity contribution >= 4 is 66.4 Å². The van der Waals surface area contributed by atoms with Gasteiger partial charge in [-0.2, -0.15) is 0 Å². The molecule has 1 unspecified atom stereocenters. The predicted octanol–water partition coefficient (Wildman–Crippen LogP) is 6.28. The van der Waals surface area contributed by atoms with Crippen molar-refractivity contribution < 1.29 is 0 Å². The van der Waals surface area contributed by atoms with Crippen LogP contribution in [0.1, 0.15) is 24.1 Å². The van der Waals surface area contributed by atoms with Gasteiger partial charge in [0.15, 0.2) is 0 Å². The number of hydrogen-bond donors (Lipinski definition) is 1. The molecule has 0 aliphatic heterocycles. The van der Waals surface area contributed by atoms with E-state index >= 15 is 0 Å². The van der Waals surface area contributed by atoms with E-state index in [1.165, 1.54) is 0 Å². The van der Waals surface area contributed by atoms with E-state index in [0.717, 1.165) is 25.2 Å². The maximum absolute atomic E-state index is 6.34.